The SMILES string of the molecule is CCOCCOCC(C)(O)CC(C)C. The van der Waals surface area contributed by atoms with Crippen molar-refractivity contribution in [3.05, 3.63) is 0 Å². The van der Waals surface area contributed by atoms with E-state index in [-0.39, 0.29) is 0 Å². The molecule has 86 valence electrons. The van der Waals surface area contributed by atoms with Crippen LogP contribution in [0.3, 0.4) is 0 Å². The van der Waals surface area contributed by atoms with Gasteiger partial charge in [-0.1, -0.05) is 13.8 Å². The van der Waals surface area contributed by atoms with Crippen molar-refractivity contribution in [2.45, 2.75) is 39.7 Å². The minimum Gasteiger partial charge on any atom is -0.388 e. The second-order valence-electron chi connectivity index (χ2n) is 4.34. The van der Waals surface area contributed by atoms with Crippen LogP contribution in [0.4, 0.5) is 0 Å². The molecule has 1 N–H and O–H groups in total. The van der Waals surface area contributed by atoms with Crippen molar-refractivity contribution in [1.29, 1.82) is 0 Å². The average molecular weight is 204 g/mol. The Kier molecular flexibility index (Phi) is 7.15. The standard InChI is InChI=1S/C11H24O3/c1-5-13-6-7-14-9-11(4,12)8-10(2)3/h10,12H,5-9H2,1-4H3. The molecule has 0 saturated heterocycles. The van der Waals surface area contributed by atoms with Crippen molar-refractivity contribution in [3.8, 4) is 0 Å². The Bertz CT molecular complexity index is 132. The minimum atomic E-state index is -0.708. The monoisotopic (exact) mass is 204 g/mol. The van der Waals surface area contributed by atoms with E-state index in [4.69, 9.17) is 9.47 Å². The van der Waals surface area contributed by atoms with E-state index in [1.165, 1.54) is 0 Å². The molecule has 0 rings (SSSR count). The van der Waals surface area contributed by atoms with Crippen LogP contribution in [0.5, 0.6) is 0 Å². The first-order valence-corrected chi connectivity index (χ1v) is 5.36. The summed E-state index contributed by atoms with van der Waals surface area (Å²) in [6, 6.07) is 0. The third-order valence-electron chi connectivity index (χ3n) is 1.84. The van der Waals surface area contributed by atoms with E-state index < -0.39 is 5.60 Å². The van der Waals surface area contributed by atoms with Gasteiger partial charge in [0, 0.05) is 6.61 Å². The van der Waals surface area contributed by atoms with E-state index in [0.717, 1.165) is 6.42 Å². The molecule has 1 unspecified atom stereocenters. The topological polar surface area (TPSA) is 38.7 Å². The van der Waals surface area contributed by atoms with Gasteiger partial charge >= 0.3 is 0 Å². The molecule has 0 aromatic rings. The highest BCUT2D eigenvalue weighted by molar-refractivity contribution is 4.73. The van der Waals surface area contributed by atoms with Gasteiger partial charge in [0.15, 0.2) is 0 Å². The first-order valence-electron chi connectivity index (χ1n) is 5.36. The molecule has 0 aliphatic rings. The maximum absolute atomic E-state index is 9.88. The van der Waals surface area contributed by atoms with Crippen molar-refractivity contribution >= 4 is 0 Å². The van der Waals surface area contributed by atoms with Crippen molar-refractivity contribution in [2.24, 2.45) is 5.92 Å². The third kappa shape index (κ3) is 8.48. The molecule has 0 aliphatic carbocycles. The molecule has 0 fully saturated rings. The second kappa shape index (κ2) is 7.21. The van der Waals surface area contributed by atoms with Crippen molar-refractivity contribution in [1.82, 2.24) is 0 Å². The van der Waals surface area contributed by atoms with Gasteiger partial charge in [-0.2, -0.15) is 0 Å². The average Bonchev–Trinajstić information content (AvgIpc) is 2.01. The van der Waals surface area contributed by atoms with Crippen molar-refractivity contribution in [2.75, 3.05) is 26.4 Å². The highest BCUT2D eigenvalue weighted by Crippen LogP contribution is 2.16. The summed E-state index contributed by atoms with van der Waals surface area (Å²) < 4.78 is 10.4. The Balaban J connectivity index is 3.45. The lowest BCUT2D eigenvalue weighted by atomic mass is 9.95. The maximum atomic E-state index is 9.88. The van der Waals surface area contributed by atoms with Gasteiger partial charge in [0.2, 0.25) is 0 Å². The summed E-state index contributed by atoms with van der Waals surface area (Å²) in [5.74, 6) is 0.487. The van der Waals surface area contributed by atoms with Crippen LogP contribution in [0.25, 0.3) is 0 Å². The Morgan fingerprint density at radius 1 is 1.21 bits per heavy atom. The Morgan fingerprint density at radius 2 is 1.79 bits per heavy atom. The van der Waals surface area contributed by atoms with Crippen molar-refractivity contribution < 1.29 is 14.6 Å². The van der Waals surface area contributed by atoms with Crippen LogP contribution in [0.2, 0.25) is 0 Å². The largest absolute Gasteiger partial charge is 0.388 e. The molecule has 3 nitrogen and oxygen atoms in total. The van der Waals surface area contributed by atoms with E-state index in [2.05, 4.69) is 13.8 Å². The molecular formula is C11H24O3. The molecule has 0 radical (unpaired) electrons. The molecule has 14 heavy (non-hydrogen) atoms. The van der Waals surface area contributed by atoms with E-state index in [0.29, 0.717) is 32.3 Å². The molecule has 0 amide bonds. The molecular weight excluding hydrogens is 180 g/mol. The quantitative estimate of drug-likeness (QED) is 0.613. The number of hydrogen-bond donors (Lipinski definition) is 1. The molecule has 0 bridgehead atoms. The summed E-state index contributed by atoms with van der Waals surface area (Å²) in [5, 5.41) is 9.88. The first-order chi connectivity index (χ1) is 6.48. The Labute approximate surface area is 87.4 Å². The molecule has 0 aliphatic heterocycles. The van der Waals surface area contributed by atoms with Gasteiger partial charge in [-0.05, 0) is 26.2 Å². The fourth-order valence-corrected chi connectivity index (χ4v) is 1.49. The van der Waals surface area contributed by atoms with E-state index >= 15 is 0 Å². The fraction of sp³-hybridized carbons (Fsp3) is 1.00. The van der Waals surface area contributed by atoms with Crippen LogP contribution in [0.15, 0.2) is 0 Å². The number of ether oxygens (including phenoxy) is 2. The molecule has 0 saturated carbocycles. The first kappa shape index (κ1) is 13.9. The molecule has 1 atom stereocenters. The van der Waals surface area contributed by atoms with Gasteiger partial charge in [0.1, 0.15) is 0 Å². The van der Waals surface area contributed by atoms with Crippen molar-refractivity contribution in [3.63, 3.8) is 0 Å². The summed E-state index contributed by atoms with van der Waals surface area (Å²) in [4.78, 5) is 0. The summed E-state index contributed by atoms with van der Waals surface area (Å²) in [6.07, 6.45) is 0.766. The van der Waals surface area contributed by atoms with E-state index in [1.54, 1.807) is 0 Å². The van der Waals surface area contributed by atoms with Gasteiger partial charge in [-0.25, -0.2) is 0 Å². The van der Waals surface area contributed by atoms with Crippen LogP contribution < -0.4 is 0 Å². The summed E-state index contributed by atoms with van der Waals surface area (Å²) >= 11 is 0. The zero-order valence-corrected chi connectivity index (χ0v) is 9.88. The molecule has 3 heteroatoms. The predicted octanol–water partition coefficient (Wildman–Crippen LogP) is 1.84. The van der Waals surface area contributed by atoms with Crippen LogP contribution in [0.1, 0.15) is 34.1 Å². The van der Waals surface area contributed by atoms with Crippen LogP contribution >= 0.6 is 0 Å². The second-order valence-corrected chi connectivity index (χ2v) is 4.34. The zero-order valence-electron chi connectivity index (χ0n) is 9.88. The molecule has 0 aromatic heterocycles. The van der Waals surface area contributed by atoms with E-state index in [1.807, 2.05) is 13.8 Å². The van der Waals surface area contributed by atoms with Crippen LogP contribution in [-0.2, 0) is 9.47 Å². The number of rotatable bonds is 8. The van der Waals surface area contributed by atoms with Gasteiger partial charge in [0.25, 0.3) is 0 Å². The van der Waals surface area contributed by atoms with Gasteiger partial charge in [-0.3, -0.25) is 0 Å². The zero-order chi connectivity index (χ0) is 11.0. The maximum Gasteiger partial charge on any atom is 0.0854 e. The van der Waals surface area contributed by atoms with Crippen LogP contribution in [0, 0.1) is 5.92 Å². The molecule has 0 spiro atoms. The highest BCUT2D eigenvalue weighted by atomic mass is 16.5. The highest BCUT2D eigenvalue weighted by Gasteiger charge is 2.21. The smallest absolute Gasteiger partial charge is 0.0854 e. The lowest BCUT2D eigenvalue weighted by Crippen LogP contribution is -2.32. The summed E-state index contributed by atoms with van der Waals surface area (Å²) in [5.41, 5.74) is -0.708. The predicted molar refractivity (Wildman–Crippen MR) is 57.4 cm³/mol. The summed E-state index contributed by atoms with van der Waals surface area (Å²) in [7, 11) is 0. The lowest BCUT2D eigenvalue weighted by molar-refractivity contribution is -0.0568. The number of hydrogen-bond acceptors (Lipinski definition) is 3. The molecule has 0 aromatic carbocycles. The Morgan fingerprint density at radius 3 is 2.29 bits per heavy atom. The van der Waals surface area contributed by atoms with Gasteiger partial charge in [0.05, 0.1) is 25.4 Å². The van der Waals surface area contributed by atoms with Crippen LogP contribution in [-0.4, -0.2) is 37.1 Å². The van der Waals surface area contributed by atoms with Gasteiger partial charge in [-0.15, -0.1) is 0 Å². The van der Waals surface area contributed by atoms with E-state index in [9.17, 15) is 5.11 Å². The third-order valence-corrected chi connectivity index (χ3v) is 1.84. The normalized spacial score (nSPS) is 15.9. The number of aliphatic hydroxyl groups is 1. The molecule has 0 heterocycles. The van der Waals surface area contributed by atoms with Gasteiger partial charge < -0.3 is 14.6 Å². The minimum absolute atomic E-state index is 0.387. The fourth-order valence-electron chi connectivity index (χ4n) is 1.49. The summed E-state index contributed by atoms with van der Waals surface area (Å²) in [6.45, 7) is 10.2. The lowest BCUT2D eigenvalue weighted by Gasteiger charge is -2.24. The Hall–Kier alpha value is -0.120.